The zero-order valence-electron chi connectivity index (χ0n) is 7.49. The summed E-state index contributed by atoms with van der Waals surface area (Å²) < 4.78 is 5.58. The first-order chi connectivity index (χ1) is 6.38. The number of rotatable bonds is 3. The van der Waals surface area contributed by atoms with Crippen molar-refractivity contribution in [2.45, 2.75) is 12.8 Å². The summed E-state index contributed by atoms with van der Waals surface area (Å²) in [7, 11) is 0. The fraction of sp³-hybridized carbons (Fsp3) is 0.333. The van der Waals surface area contributed by atoms with Gasteiger partial charge in [-0.1, -0.05) is 12.0 Å². The smallest absolute Gasteiger partial charge is 0.120 e. The van der Waals surface area contributed by atoms with E-state index in [2.05, 4.69) is 5.92 Å². The van der Waals surface area contributed by atoms with E-state index in [-0.39, 0.29) is 0 Å². The number of terminal acetylenes is 1. The molecule has 1 nitrogen and oxygen atoms in total. The van der Waals surface area contributed by atoms with Crippen LogP contribution in [0.4, 0.5) is 0 Å². The minimum Gasteiger partial charge on any atom is -0.493 e. The van der Waals surface area contributed by atoms with Crippen LogP contribution in [-0.2, 0) is 0 Å². The molecular formula is C12H12O. The molecule has 1 saturated carbocycles. The van der Waals surface area contributed by atoms with E-state index in [1.54, 1.807) is 0 Å². The standard InChI is InChI=1S/C12H12O/c1-2-10-4-3-5-12(8-10)13-9-11-6-7-11/h1,3-5,8,11H,6-7,9H2. The second-order valence-corrected chi connectivity index (χ2v) is 3.43. The molecule has 1 fully saturated rings. The number of ether oxygens (including phenoxy) is 1. The summed E-state index contributed by atoms with van der Waals surface area (Å²) in [5, 5.41) is 0. The zero-order valence-corrected chi connectivity index (χ0v) is 7.49. The lowest BCUT2D eigenvalue weighted by molar-refractivity contribution is 0.299. The molecule has 0 N–H and O–H groups in total. The van der Waals surface area contributed by atoms with E-state index in [9.17, 15) is 0 Å². The van der Waals surface area contributed by atoms with Crippen LogP contribution in [0.1, 0.15) is 18.4 Å². The van der Waals surface area contributed by atoms with Crippen molar-refractivity contribution in [3.05, 3.63) is 29.8 Å². The predicted octanol–water partition coefficient (Wildman–Crippen LogP) is 2.46. The van der Waals surface area contributed by atoms with Crippen molar-refractivity contribution in [3.8, 4) is 18.1 Å². The summed E-state index contributed by atoms with van der Waals surface area (Å²) in [6, 6.07) is 7.69. The van der Waals surface area contributed by atoms with Crippen molar-refractivity contribution in [2.75, 3.05) is 6.61 Å². The molecule has 0 atom stereocenters. The SMILES string of the molecule is C#Cc1cccc(OCC2CC2)c1. The van der Waals surface area contributed by atoms with E-state index in [0.717, 1.165) is 23.8 Å². The van der Waals surface area contributed by atoms with Gasteiger partial charge < -0.3 is 4.74 Å². The van der Waals surface area contributed by atoms with Crippen LogP contribution in [0, 0.1) is 18.3 Å². The van der Waals surface area contributed by atoms with Gasteiger partial charge in [-0.2, -0.15) is 0 Å². The van der Waals surface area contributed by atoms with Crippen LogP contribution in [0.5, 0.6) is 5.75 Å². The molecule has 0 heterocycles. The van der Waals surface area contributed by atoms with Gasteiger partial charge in [0.15, 0.2) is 0 Å². The lowest BCUT2D eigenvalue weighted by Gasteiger charge is -2.04. The summed E-state index contributed by atoms with van der Waals surface area (Å²) in [6.45, 7) is 0.841. The molecule has 2 rings (SSSR count). The summed E-state index contributed by atoms with van der Waals surface area (Å²) in [6.07, 6.45) is 7.91. The van der Waals surface area contributed by atoms with E-state index >= 15 is 0 Å². The highest BCUT2D eigenvalue weighted by Gasteiger charge is 2.21. The Labute approximate surface area is 78.7 Å². The molecule has 0 saturated heterocycles. The van der Waals surface area contributed by atoms with Crippen LogP contribution in [-0.4, -0.2) is 6.61 Å². The summed E-state index contributed by atoms with van der Waals surface area (Å²) >= 11 is 0. The van der Waals surface area contributed by atoms with E-state index in [1.165, 1.54) is 12.8 Å². The van der Waals surface area contributed by atoms with Gasteiger partial charge >= 0.3 is 0 Å². The Balaban J connectivity index is 1.98. The summed E-state index contributed by atoms with van der Waals surface area (Å²) in [4.78, 5) is 0. The third kappa shape index (κ3) is 2.26. The zero-order chi connectivity index (χ0) is 9.10. The Morgan fingerprint density at radius 1 is 1.46 bits per heavy atom. The largest absolute Gasteiger partial charge is 0.493 e. The van der Waals surface area contributed by atoms with Crippen molar-refractivity contribution >= 4 is 0 Å². The van der Waals surface area contributed by atoms with Gasteiger partial charge in [0, 0.05) is 5.56 Å². The van der Waals surface area contributed by atoms with Gasteiger partial charge in [0.05, 0.1) is 6.61 Å². The lowest BCUT2D eigenvalue weighted by atomic mass is 10.2. The molecule has 0 amide bonds. The average Bonchev–Trinajstić information content (AvgIpc) is 2.99. The molecule has 13 heavy (non-hydrogen) atoms. The van der Waals surface area contributed by atoms with Crippen molar-refractivity contribution in [2.24, 2.45) is 5.92 Å². The fourth-order valence-electron chi connectivity index (χ4n) is 1.17. The van der Waals surface area contributed by atoms with E-state index in [4.69, 9.17) is 11.2 Å². The molecule has 0 aliphatic heterocycles. The minimum atomic E-state index is 0.787. The fourth-order valence-corrected chi connectivity index (χ4v) is 1.17. The normalized spacial score (nSPS) is 15.0. The van der Waals surface area contributed by atoms with Crippen molar-refractivity contribution < 1.29 is 4.74 Å². The molecule has 1 heteroatoms. The first-order valence-electron chi connectivity index (χ1n) is 4.58. The molecule has 66 valence electrons. The third-order valence-corrected chi connectivity index (χ3v) is 2.18. The van der Waals surface area contributed by atoms with Gasteiger partial charge in [-0.15, -0.1) is 6.42 Å². The third-order valence-electron chi connectivity index (χ3n) is 2.18. The van der Waals surface area contributed by atoms with E-state index in [1.807, 2.05) is 24.3 Å². The monoisotopic (exact) mass is 172 g/mol. The highest BCUT2D eigenvalue weighted by molar-refractivity contribution is 5.38. The molecule has 1 aliphatic rings. The number of hydrogen-bond donors (Lipinski definition) is 0. The van der Waals surface area contributed by atoms with Gasteiger partial charge in [-0.25, -0.2) is 0 Å². The summed E-state index contributed by atoms with van der Waals surface area (Å²) in [5.41, 5.74) is 0.883. The molecule has 0 bridgehead atoms. The van der Waals surface area contributed by atoms with Crippen molar-refractivity contribution in [3.63, 3.8) is 0 Å². The Morgan fingerprint density at radius 3 is 3.00 bits per heavy atom. The van der Waals surface area contributed by atoms with Crippen LogP contribution >= 0.6 is 0 Å². The number of benzene rings is 1. The Morgan fingerprint density at radius 2 is 2.31 bits per heavy atom. The molecule has 1 aromatic carbocycles. The van der Waals surface area contributed by atoms with E-state index in [0.29, 0.717) is 0 Å². The van der Waals surface area contributed by atoms with Gasteiger partial charge in [-0.3, -0.25) is 0 Å². The van der Waals surface area contributed by atoms with Crippen LogP contribution in [0.15, 0.2) is 24.3 Å². The van der Waals surface area contributed by atoms with Gasteiger partial charge in [0.25, 0.3) is 0 Å². The highest BCUT2D eigenvalue weighted by atomic mass is 16.5. The Kier molecular flexibility index (Phi) is 2.23. The molecule has 1 aliphatic carbocycles. The van der Waals surface area contributed by atoms with Crippen molar-refractivity contribution in [1.82, 2.24) is 0 Å². The molecule has 0 unspecified atom stereocenters. The average molecular weight is 172 g/mol. The van der Waals surface area contributed by atoms with Crippen molar-refractivity contribution in [1.29, 1.82) is 0 Å². The van der Waals surface area contributed by atoms with Crippen LogP contribution in [0.25, 0.3) is 0 Å². The molecule has 0 spiro atoms. The molecule has 0 aromatic heterocycles. The Hall–Kier alpha value is -1.42. The van der Waals surface area contributed by atoms with Gasteiger partial charge in [-0.05, 0) is 37.0 Å². The maximum absolute atomic E-state index is 5.58. The van der Waals surface area contributed by atoms with E-state index < -0.39 is 0 Å². The minimum absolute atomic E-state index is 0.787. The van der Waals surface area contributed by atoms with Gasteiger partial charge in [0.2, 0.25) is 0 Å². The van der Waals surface area contributed by atoms with Crippen LogP contribution in [0.3, 0.4) is 0 Å². The highest BCUT2D eigenvalue weighted by Crippen LogP contribution is 2.29. The first-order valence-corrected chi connectivity index (χ1v) is 4.58. The maximum atomic E-state index is 5.58. The van der Waals surface area contributed by atoms with Crippen LogP contribution < -0.4 is 4.74 Å². The van der Waals surface area contributed by atoms with Crippen LogP contribution in [0.2, 0.25) is 0 Å². The number of hydrogen-bond acceptors (Lipinski definition) is 1. The molecule has 1 aromatic rings. The predicted molar refractivity (Wildman–Crippen MR) is 52.6 cm³/mol. The topological polar surface area (TPSA) is 9.23 Å². The quantitative estimate of drug-likeness (QED) is 0.636. The summed E-state index contributed by atoms with van der Waals surface area (Å²) in [5.74, 6) is 4.27. The molecular weight excluding hydrogens is 160 g/mol. The lowest BCUT2D eigenvalue weighted by Crippen LogP contribution is -1.98. The Bertz CT molecular complexity index is 331. The van der Waals surface area contributed by atoms with Gasteiger partial charge in [0.1, 0.15) is 5.75 Å². The second-order valence-electron chi connectivity index (χ2n) is 3.43. The first kappa shape index (κ1) is 8.19. The second kappa shape index (κ2) is 3.53. The molecule has 0 radical (unpaired) electrons. The maximum Gasteiger partial charge on any atom is 0.120 e.